The van der Waals surface area contributed by atoms with Gasteiger partial charge in [0.1, 0.15) is 18.3 Å². The molecule has 3 aliphatic rings. The van der Waals surface area contributed by atoms with Crippen molar-refractivity contribution in [2.45, 2.75) is 180 Å². The van der Waals surface area contributed by atoms with Gasteiger partial charge in [-0.2, -0.15) is 0 Å². The Hall–Kier alpha value is -0.970. The second-order valence-electron chi connectivity index (χ2n) is 16.9. The quantitative estimate of drug-likeness (QED) is 0.284. The van der Waals surface area contributed by atoms with Crippen LogP contribution < -0.4 is 0 Å². The summed E-state index contributed by atoms with van der Waals surface area (Å²) in [4.78, 5) is 18.2. The van der Waals surface area contributed by atoms with Crippen molar-refractivity contribution in [2.75, 3.05) is 34.8 Å². The van der Waals surface area contributed by atoms with Crippen molar-refractivity contribution in [3.05, 3.63) is 0 Å². The highest BCUT2D eigenvalue weighted by atomic mass is 16.7. The molecule has 3 fully saturated rings. The van der Waals surface area contributed by atoms with Gasteiger partial charge in [-0.3, -0.25) is 4.79 Å². The molecule has 0 saturated carbocycles. The third kappa shape index (κ3) is 10.4. The first-order valence-electron chi connectivity index (χ1n) is 19.1. The van der Waals surface area contributed by atoms with Crippen LogP contribution in [0.5, 0.6) is 0 Å². The van der Waals surface area contributed by atoms with Gasteiger partial charge in [-0.15, -0.1) is 0 Å². The first-order valence-corrected chi connectivity index (χ1v) is 19.1. The highest BCUT2D eigenvalue weighted by Crippen LogP contribution is 2.40. The summed E-state index contributed by atoms with van der Waals surface area (Å²) >= 11 is 0. The molecule has 3 heterocycles. The van der Waals surface area contributed by atoms with Crippen molar-refractivity contribution in [1.82, 2.24) is 9.80 Å². The van der Waals surface area contributed by atoms with Crippen LogP contribution in [0.15, 0.2) is 0 Å². The van der Waals surface area contributed by atoms with Crippen LogP contribution in [-0.2, 0) is 33.2 Å². The summed E-state index contributed by atoms with van der Waals surface area (Å²) in [7, 11) is 7.28. The molecule has 51 heavy (non-hydrogen) atoms. The minimum Gasteiger partial charge on any atom is -0.462 e. The van der Waals surface area contributed by atoms with Crippen LogP contribution in [0.1, 0.15) is 94.9 Å². The fourth-order valence-corrected chi connectivity index (χ4v) is 8.69. The number of rotatable bonds is 7. The SMILES string of the molecule is CCC1OC(=O)[C@H](C)[C@@H](O[C@H]2C[C@@](C)(OC)[C@@H](O)[C@H](C)O2)[C@@H](C)C(O[C@@H]2O[C@H](C)C[C@H](N(C)C)[C@H]2O)[C@](C)(O)C[C@@H](C)CN(C)[C@H](C)[C@H](O)[C@H]1C. The summed E-state index contributed by atoms with van der Waals surface area (Å²) in [6.45, 7) is 19.2. The van der Waals surface area contributed by atoms with Gasteiger partial charge in [0, 0.05) is 44.0 Å². The molecule has 3 saturated heterocycles. The molecule has 3 aliphatic heterocycles. The van der Waals surface area contributed by atoms with E-state index >= 15 is 0 Å². The van der Waals surface area contributed by atoms with E-state index in [1.165, 1.54) is 7.11 Å². The Morgan fingerprint density at radius 1 is 0.941 bits per heavy atom. The van der Waals surface area contributed by atoms with Gasteiger partial charge in [0.05, 0.1) is 47.6 Å². The van der Waals surface area contributed by atoms with E-state index in [1.54, 1.807) is 27.7 Å². The number of aliphatic hydroxyl groups excluding tert-OH is 3. The van der Waals surface area contributed by atoms with Crippen LogP contribution in [0.25, 0.3) is 0 Å². The van der Waals surface area contributed by atoms with Crippen molar-refractivity contribution in [3.63, 3.8) is 0 Å². The molecule has 3 rings (SSSR count). The predicted molar refractivity (Wildman–Crippen MR) is 193 cm³/mol. The highest BCUT2D eigenvalue weighted by Gasteiger charge is 2.51. The maximum atomic E-state index is 14.2. The van der Waals surface area contributed by atoms with Gasteiger partial charge in [0.15, 0.2) is 12.6 Å². The van der Waals surface area contributed by atoms with Gasteiger partial charge >= 0.3 is 5.97 Å². The molecule has 0 aliphatic carbocycles. The largest absolute Gasteiger partial charge is 0.462 e. The summed E-state index contributed by atoms with van der Waals surface area (Å²) in [5.74, 6) is -2.48. The van der Waals surface area contributed by atoms with E-state index < -0.39 is 84.3 Å². The fourth-order valence-electron chi connectivity index (χ4n) is 8.69. The Labute approximate surface area is 307 Å². The lowest BCUT2D eigenvalue weighted by Crippen LogP contribution is -2.60. The number of hydrogen-bond acceptors (Lipinski definition) is 13. The molecule has 18 atom stereocenters. The van der Waals surface area contributed by atoms with Crippen LogP contribution in [-0.4, -0.2) is 156 Å². The zero-order chi connectivity index (χ0) is 38.7. The number of carbonyl (C=O) groups excluding carboxylic acids is 1. The number of hydrogen-bond donors (Lipinski definition) is 4. The minimum absolute atomic E-state index is 0.0490. The Morgan fingerprint density at radius 3 is 2.14 bits per heavy atom. The second-order valence-corrected chi connectivity index (χ2v) is 16.9. The van der Waals surface area contributed by atoms with Crippen LogP contribution in [0.3, 0.4) is 0 Å². The fraction of sp³-hybridized carbons (Fsp3) is 0.974. The molecule has 300 valence electrons. The van der Waals surface area contributed by atoms with E-state index in [2.05, 4.69) is 11.8 Å². The van der Waals surface area contributed by atoms with Crippen LogP contribution in [0.4, 0.5) is 0 Å². The molecule has 2 unspecified atom stereocenters. The van der Waals surface area contributed by atoms with Crippen molar-refractivity contribution >= 4 is 5.97 Å². The molecule has 4 N–H and O–H groups in total. The molecule has 0 aromatic carbocycles. The predicted octanol–water partition coefficient (Wildman–Crippen LogP) is 2.79. The summed E-state index contributed by atoms with van der Waals surface area (Å²) < 4.78 is 37.8. The Kier molecular flexibility index (Phi) is 15.8. The second kappa shape index (κ2) is 18.1. The zero-order valence-corrected chi connectivity index (χ0v) is 33.8. The average molecular weight is 733 g/mol. The highest BCUT2D eigenvalue weighted by molar-refractivity contribution is 5.73. The molecule has 0 aromatic rings. The van der Waals surface area contributed by atoms with E-state index in [0.29, 0.717) is 25.8 Å². The van der Waals surface area contributed by atoms with Gasteiger partial charge < -0.3 is 58.6 Å². The van der Waals surface area contributed by atoms with Crippen molar-refractivity contribution in [3.8, 4) is 0 Å². The van der Waals surface area contributed by atoms with E-state index in [4.69, 9.17) is 28.4 Å². The number of nitrogens with zero attached hydrogens (tertiary/aromatic N) is 2. The first kappa shape index (κ1) is 44.4. The zero-order valence-electron chi connectivity index (χ0n) is 33.8. The van der Waals surface area contributed by atoms with Gasteiger partial charge in [-0.05, 0) is 87.9 Å². The lowest BCUT2D eigenvalue weighted by molar-refractivity contribution is -0.317. The third-order valence-electron chi connectivity index (χ3n) is 12.2. The smallest absolute Gasteiger partial charge is 0.311 e. The maximum absolute atomic E-state index is 14.2. The normalized spacial score (nSPS) is 48.9. The van der Waals surface area contributed by atoms with E-state index in [1.807, 2.05) is 60.7 Å². The van der Waals surface area contributed by atoms with Crippen LogP contribution in [0.2, 0.25) is 0 Å². The van der Waals surface area contributed by atoms with Gasteiger partial charge in [-0.25, -0.2) is 0 Å². The summed E-state index contributed by atoms with van der Waals surface area (Å²) in [5.41, 5.74) is -2.48. The van der Waals surface area contributed by atoms with E-state index in [-0.39, 0.29) is 36.4 Å². The average Bonchev–Trinajstić information content (AvgIpc) is 3.05. The van der Waals surface area contributed by atoms with Crippen molar-refractivity contribution in [1.29, 1.82) is 0 Å². The molecule has 0 amide bonds. The third-order valence-corrected chi connectivity index (χ3v) is 12.2. The number of carbonyl (C=O) groups is 1. The number of likely N-dealkylation sites (N-methyl/N-ethyl adjacent to an activating group) is 2. The maximum Gasteiger partial charge on any atom is 0.311 e. The Morgan fingerprint density at radius 2 is 1.57 bits per heavy atom. The number of ether oxygens (including phenoxy) is 6. The number of esters is 1. The molecule has 0 radical (unpaired) electrons. The van der Waals surface area contributed by atoms with E-state index in [0.717, 1.165) is 0 Å². The first-order chi connectivity index (χ1) is 23.6. The molecule has 13 nitrogen and oxygen atoms in total. The number of cyclic esters (lactones) is 1. The van der Waals surface area contributed by atoms with Gasteiger partial charge in [0.25, 0.3) is 0 Å². The summed E-state index contributed by atoms with van der Waals surface area (Å²) in [5, 5.41) is 46.4. The van der Waals surface area contributed by atoms with Crippen molar-refractivity contribution in [2.24, 2.45) is 23.7 Å². The lowest BCUT2D eigenvalue weighted by atomic mass is 9.77. The molecule has 0 aromatic heterocycles. The Balaban J connectivity index is 2.15. The summed E-state index contributed by atoms with van der Waals surface area (Å²) in [6, 6.07) is -0.498. The van der Waals surface area contributed by atoms with Crippen LogP contribution >= 0.6 is 0 Å². The number of aliphatic hydroxyl groups is 4. The molecular weight excluding hydrogens is 660 g/mol. The molecule has 0 spiro atoms. The number of methoxy groups -OCH3 is 1. The Bertz CT molecular complexity index is 1100. The van der Waals surface area contributed by atoms with E-state index in [9.17, 15) is 25.2 Å². The van der Waals surface area contributed by atoms with Gasteiger partial charge in [0.2, 0.25) is 0 Å². The molecule has 13 heteroatoms. The topological polar surface area (TPSA) is 160 Å². The minimum atomic E-state index is -1.50. The van der Waals surface area contributed by atoms with Crippen molar-refractivity contribution < 1.29 is 53.6 Å². The van der Waals surface area contributed by atoms with Crippen LogP contribution in [0, 0.1) is 23.7 Å². The molecule has 0 bridgehead atoms. The summed E-state index contributed by atoms with van der Waals surface area (Å²) in [6.07, 6.45) is -6.42. The van der Waals surface area contributed by atoms with Gasteiger partial charge in [-0.1, -0.05) is 27.7 Å². The monoisotopic (exact) mass is 733 g/mol. The lowest BCUT2D eigenvalue weighted by Gasteiger charge is -2.48. The molecular formula is C38H72N2O11. The standard InChI is InChI=1S/C38H72N2O11/c1-15-28-22(4)30(41)25(7)40(13)19-20(2)17-37(9,45)34(51-36-31(42)27(39(11)12)16-21(3)47-36)23(5)32(24(6)35(44)49-28)50-29-18-38(10,46-14)33(43)26(8)48-29/h20-34,36,41-43,45H,15-19H2,1-14H3/t20-,21-,22+,23-,24-,25-,26+,27+,28?,29+,30-,31-,32+,33+,34?,36+,37-,38-/m1/s1.